The van der Waals surface area contributed by atoms with Gasteiger partial charge in [-0.15, -0.1) is 0 Å². The van der Waals surface area contributed by atoms with Gasteiger partial charge >= 0.3 is 0 Å². The summed E-state index contributed by atoms with van der Waals surface area (Å²) in [6.07, 6.45) is 2.53. The Labute approximate surface area is 127 Å². The van der Waals surface area contributed by atoms with Gasteiger partial charge in [-0.3, -0.25) is 9.59 Å². The highest BCUT2D eigenvalue weighted by atomic mass is 32.1. The van der Waals surface area contributed by atoms with Crippen molar-refractivity contribution in [3.8, 4) is 0 Å². The molecule has 1 fully saturated rings. The van der Waals surface area contributed by atoms with Crippen LogP contribution in [0.2, 0.25) is 0 Å². The van der Waals surface area contributed by atoms with Gasteiger partial charge < -0.3 is 21.7 Å². The Bertz CT molecular complexity index is 553. The maximum absolute atomic E-state index is 11.5. The zero-order valence-electron chi connectivity index (χ0n) is 11.5. The number of nitrogen functional groups attached to an aromatic ring is 1. The predicted octanol–water partition coefficient (Wildman–Crippen LogP) is -0.827. The van der Waals surface area contributed by atoms with Gasteiger partial charge in [-0.2, -0.15) is 17.6 Å². The lowest BCUT2D eigenvalue weighted by Gasteiger charge is -2.17. The fourth-order valence-electron chi connectivity index (χ4n) is 2.19. The summed E-state index contributed by atoms with van der Waals surface area (Å²) in [5.41, 5.74) is 11.0. The zero-order chi connectivity index (χ0) is 15.4. The van der Waals surface area contributed by atoms with E-state index in [4.69, 9.17) is 11.5 Å². The van der Waals surface area contributed by atoms with E-state index in [2.05, 4.69) is 27.9 Å². The Morgan fingerprint density at radius 2 is 2.29 bits per heavy atom. The van der Waals surface area contributed by atoms with Crippen LogP contribution < -0.4 is 21.7 Å². The molecule has 8 nitrogen and oxygen atoms in total. The topological polar surface area (TPSA) is 127 Å². The molecule has 9 heteroatoms. The first-order valence-corrected chi connectivity index (χ1v) is 7.22. The minimum Gasteiger partial charge on any atom is -0.383 e. The van der Waals surface area contributed by atoms with Crippen molar-refractivity contribution < 1.29 is 9.59 Å². The summed E-state index contributed by atoms with van der Waals surface area (Å²) in [5, 5.41) is 2.93. The molecule has 0 aliphatic carbocycles. The maximum Gasteiger partial charge on any atom is 0.254 e. The number of hydrogen-bond donors (Lipinski definition) is 4. The quantitative estimate of drug-likeness (QED) is 0.526. The average molecular weight is 310 g/mol. The molecule has 1 aliphatic rings. The summed E-state index contributed by atoms with van der Waals surface area (Å²) in [6, 6.07) is 0.0537. The van der Waals surface area contributed by atoms with E-state index in [0.717, 1.165) is 6.42 Å². The van der Waals surface area contributed by atoms with E-state index in [9.17, 15) is 9.59 Å². The standard InChI is InChI=1S/C12H18N6O2S/c13-10-8(11(14)20)5-15-12(17-10)18-3-1-7(6-18)16-9(19)2-4-21/h5,7,21H,1-4,6H2,(H2,14,20)(H,16,19)(H2,13,15,17)/t7-/m0/s1. The summed E-state index contributed by atoms with van der Waals surface area (Å²) in [6.45, 7) is 1.31. The van der Waals surface area contributed by atoms with Gasteiger partial charge in [-0.1, -0.05) is 0 Å². The first-order valence-electron chi connectivity index (χ1n) is 6.58. The molecular weight excluding hydrogens is 292 g/mol. The van der Waals surface area contributed by atoms with E-state index in [-0.39, 0.29) is 23.3 Å². The number of primary amides is 1. The molecule has 1 aliphatic heterocycles. The number of nitrogens with two attached hydrogens (primary N) is 2. The van der Waals surface area contributed by atoms with Crippen LogP contribution in [0.25, 0.3) is 0 Å². The van der Waals surface area contributed by atoms with E-state index in [1.165, 1.54) is 6.20 Å². The number of anilines is 2. The normalized spacial score (nSPS) is 17.8. The molecule has 0 bridgehead atoms. The number of amides is 2. The molecule has 0 unspecified atom stereocenters. The summed E-state index contributed by atoms with van der Waals surface area (Å²) < 4.78 is 0. The number of thiol groups is 1. The van der Waals surface area contributed by atoms with Crippen molar-refractivity contribution in [3.63, 3.8) is 0 Å². The largest absolute Gasteiger partial charge is 0.383 e. The Morgan fingerprint density at radius 3 is 2.90 bits per heavy atom. The van der Waals surface area contributed by atoms with Crippen LogP contribution in [-0.2, 0) is 4.79 Å². The molecule has 2 rings (SSSR count). The number of hydrogen-bond acceptors (Lipinski definition) is 7. The maximum atomic E-state index is 11.5. The number of carbonyl (C=O) groups excluding carboxylic acids is 2. The Hall–Kier alpha value is -2.03. The average Bonchev–Trinajstić information content (AvgIpc) is 2.86. The Balaban J connectivity index is 1.99. The smallest absolute Gasteiger partial charge is 0.254 e. The molecule has 1 aromatic rings. The third kappa shape index (κ3) is 3.75. The van der Waals surface area contributed by atoms with E-state index in [1.807, 2.05) is 4.90 Å². The van der Waals surface area contributed by atoms with Crippen LogP contribution in [0.3, 0.4) is 0 Å². The van der Waals surface area contributed by atoms with Gasteiger partial charge in [0, 0.05) is 31.7 Å². The molecule has 0 spiro atoms. The molecule has 1 saturated heterocycles. The first-order chi connectivity index (χ1) is 10.0. The van der Waals surface area contributed by atoms with Crippen molar-refractivity contribution in [3.05, 3.63) is 11.8 Å². The van der Waals surface area contributed by atoms with Crippen LogP contribution in [-0.4, -0.2) is 46.7 Å². The predicted molar refractivity (Wildman–Crippen MR) is 82.2 cm³/mol. The van der Waals surface area contributed by atoms with Crippen LogP contribution in [0.5, 0.6) is 0 Å². The van der Waals surface area contributed by atoms with E-state index in [1.54, 1.807) is 0 Å². The highest BCUT2D eigenvalue weighted by Crippen LogP contribution is 2.18. The fraction of sp³-hybridized carbons (Fsp3) is 0.500. The number of nitrogens with one attached hydrogen (secondary N) is 1. The molecular formula is C12H18N6O2S. The minimum absolute atomic E-state index is 0.0126. The van der Waals surface area contributed by atoms with Crippen molar-refractivity contribution >= 4 is 36.2 Å². The minimum atomic E-state index is -0.655. The third-order valence-electron chi connectivity index (χ3n) is 3.25. The van der Waals surface area contributed by atoms with Gasteiger partial charge in [-0.05, 0) is 12.2 Å². The zero-order valence-corrected chi connectivity index (χ0v) is 12.3. The van der Waals surface area contributed by atoms with Crippen molar-refractivity contribution in [2.45, 2.75) is 18.9 Å². The number of aromatic nitrogens is 2. The van der Waals surface area contributed by atoms with Crippen molar-refractivity contribution in [1.29, 1.82) is 0 Å². The van der Waals surface area contributed by atoms with E-state index in [0.29, 0.717) is 31.2 Å². The molecule has 2 heterocycles. The molecule has 1 aromatic heterocycles. The molecule has 1 atom stereocenters. The van der Waals surface area contributed by atoms with Crippen molar-refractivity contribution in [2.24, 2.45) is 5.73 Å². The van der Waals surface area contributed by atoms with Crippen LogP contribution in [0, 0.1) is 0 Å². The number of carbonyl (C=O) groups is 2. The molecule has 2 amide bonds. The van der Waals surface area contributed by atoms with Crippen LogP contribution in [0.4, 0.5) is 11.8 Å². The monoisotopic (exact) mass is 310 g/mol. The first kappa shape index (κ1) is 15.4. The molecule has 0 saturated carbocycles. The summed E-state index contributed by atoms with van der Waals surface area (Å²) in [5.74, 6) is 0.355. The van der Waals surface area contributed by atoms with Crippen LogP contribution >= 0.6 is 12.6 Å². The van der Waals surface area contributed by atoms with Gasteiger partial charge in [0.2, 0.25) is 11.9 Å². The number of nitrogens with zero attached hydrogens (tertiary/aromatic N) is 3. The second-order valence-electron chi connectivity index (χ2n) is 4.81. The highest BCUT2D eigenvalue weighted by Gasteiger charge is 2.26. The summed E-state index contributed by atoms with van der Waals surface area (Å²) >= 11 is 4.03. The summed E-state index contributed by atoms with van der Waals surface area (Å²) in [4.78, 5) is 32.7. The Morgan fingerprint density at radius 1 is 1.52 bits per heavy atom. The fourth-order valence-corrected chi connectivity index (χ4v) is 2.39. The van der Waals surface area contributed by atoms with Crippen molar-refractivity contribution in [2.75, 3.05) is 29.5 Å². The number of rotatable bonds is 5. The van der Waals surface area contributed by atoms with Gasteiger partial charge in [0.25, 0.3) is 5.91 Å². The lowest BCUT2D eigenvalue weighted by Crippen LogP contribution is -2.37. The molecule has 114 valence electrons. The molecule has 0 radical (unpaired) electrons. The second-order valence-corrected chi connectivity index (χ2v) is 5.25. The third-order valence-corrected chi connectivity index (χ3v) is 3.47. The van der Waals surface area contributed by atoms with Gasteiger partial charge in [0.15, 0.2) is 0 Å². The van der Waals surface area contributed by atoms with Crippen LogP contribution in [0.1, 0.15) is 23.2 Å². The van der Waals surface area contributed by atoms with E-state index < -0.39 is 5.91 Å². The lowest BCUT2D eigenvalue weighted by atomic mass is 10.2. The second kappa shape index (κ2) is 6.61. The molecule has 0 aromatic carbocycles. The van der Waals surface area contributed by atoms with Gasteiger partial charge in [-0.25, -0.2) is 4.98 Å². The molecule has 5 N–H and O–H groups in total. The Kier molecular flexibility index (Phi) is 4.84. The SMILES string of the molecule is NC(=O)c1cnc(N2CC[C@H](NC(=O)CCS)C2)nc1N. The lowest BCUT2D eigenvalue weighted by molar-refractivity contribution is -0.121. The van der Waals surface area contributed by atoms with E-state index >= 15 is 0 Å². The van der Waals surface area contributed by atoms with Gasteiger partial charge in [0.05, 0.1) is 5.56 Å². The van der Waals surface area contributed by atoms with Crippen LogP contribution in [0.15, 0.2) is 6.20 Å². The summed E-state index contributed by atoms with van der Waals surface area (Å²) in [7, 11) is 0. The highest BCUT2D eigenvalue weighted by molar-refractivity contribution is 7.80. The molecule has 21 heavy (non-hydrogen) atoms. The van der Waals surface area contributed by atoms with Crippen molar-refractivity contribution in [1.82, 2.24) is 15.3 Å². The van der Waals surface area contributed by atoms with Gasteiger partial charge in [0.1, 0.15) is 5.82 Å².